The van der Waals surface area contributed by atoms with E-state index in [1.165, 1.54) is 12.3 Å². The SMILES string of the molecule is CC1OC2CP(C)C(C3C4OC(C)OC4CP3C)C2O1. The zero-order valence-electron chi connectivity index (χ0n) is 12.6. The first-order valence-corrected chi connectivity index (χ1v) is 11.7. The quantitative estimate of drug-likeness (QED) is 0.695. The molecule has 0 aromatic carbocycles. The Morgan fingerprint density at radius 2 is 1.10 bits per heavy atom. The lowest BCUT2D eigenvalue weighted by molar-refractivity contribution is -0.0577. The summed E-state index contributed by atoms with van der Waals surface area (Å²) in [5.41, 5.74) is 1.28. The van der Waals surface area contributed by atoms with Crippen LogP contribution in [0.15, 0.2) is 0 Å². The van der Waals surface area contributed by atoms with Crippen molar-refractivity contribution in [2.75, 3.05) is 25.7 Å². The maximum atomic E-state index is 6.11. The highest BCUT2D eigenvalue weighted by Gasteiger charge is 2.58. The van der Waals surface area contributed by atoms with Gasteiger partial charge in [0.1, 0.15) is 0 Å². The molecule has 0 bridgehead atoms. The summed E-state index contributed by atoms with van der Waals surface area (Å²) in [4.78, 5) is 0. The summed E-state index contributed by atoms with van der Waals surface area (Å²) in [7, 11) is -0.0512. The second-order valence-electron chi connectivity index (χ2n) is 6.55. The molecule has 0 aliphatic carbocycles. The van der Waals surface area contributed by atoms with Crippen LogP contribution in [-0.4, -0.2) is 74.0 Å². The molecule has 4 aliphatic rings. The van der Waals surface area contributed by atoms with Crippen molar-refractivity contribution in [2.45, 2.75) is 62.2 Å². The largest absolute Gasteiger partial charge is 0.347 e. The lowest BCUT2D eigenvalue weighted by atomic mass is 10.0. The van der Waals surface area contributed by atoms with Crippen LogP contribution in [-0.2, 0) is 18.9 Å². The van der Waals surface area contributed by atoms with Gasteiger partial charge in [-0.1, -0.05) is 0 Å². The van der Waals surface area contributed by atoms with Gasteiger partial charge in [-0.15, -0.1) is 15.8 Å². The van der Waals surface area contributed by atoms with Crippen molar-refractivity contribution >= 4 is 15.8 Å². The molecule has 114 valence electrons. The van der Waals surface area contributed by atoms with E-state index in [0.717, 1.165) is 0 Å². The van der Waals surface area contributed by atoms with Gasteiger partial charge in [-0.3, -0.25) is 0 Å². The molecule has 10 atom stereocenters. The molecule has 4 saturated heterocycles. The minimum atomic E-state index is -0.0313. The zero-order chi connectivity index (χ0) is 14.0. The van der Waals surface area contributed by atoms with E-state index in [1.54, 1.807) is 0 Å². The fourth-order valence-electron chi connectivity index (χ4n) is 4.45. The average molecular weight is 318 g/mol. The lowest BCUT2D eigenvalue weighted by Crippen LogP contribution is -2.41. The third-order valence-corrected chi connectivity index (χ3v) is 10.5. The number of ether oxygens (including phenoxy) is 4. The molecule has 20 heavy (non-hydrogen) atoms. The fourth-order valence-corrected chi connectivity index (χ4v) is 10.9. The topological polar surface area (TPSA) is 36.9 Å². The fraction of sp³-hybridized carbons (Fsp3) is 1.00. The molecule has 0 aromatic heterocycles. The summed E-state index contributed by atoms with van der Waals surface area (Å²) in [6.07, 6.45) is 3.59. The molecule has 0 saturated carbocycles. The first kappa shape index (κ1) is 14.3. The van der Waals surface area contributed by atoms with E-state index < -0.39 is 0 Å². The van der Waals surface area contributed by atoms with E-state index >= 15 is 0 Å². The molecule has 0 spiro atoms. The molecule has 0 radical (unpaired) electrons. The third kappa shape index (κ3) is 2.11. The summed E-state index contributed by atoms with van der Waals surface area (Å²) < 4.78 is 24.1. The Hall–Kier alpha value is 0.700. The Morgan fingerprint density at radius 1 is 0.700 bits per heavy atom. The van der Waals surface area contributed by atoms with Crippen LogP contribution < -0.4 is 0 Å². The Labute approximate surface area is 123 Å². The van der Waals surface area contributed by atoms with Crippen LogP contribution in [0.3, 0.4) is 0 Å². The maximum Gasteiger partial charge on any atom is 0.155 e. The lowest BCUT2D eigenvalue weighted by Gasteiger charge is -2.33. The Balaban J connectivity index is 1.59. The Morgan fingerprint density at radius 3 is 1.50 bits per heavy atom. The van der Waals surface area contributed by atoms with Gasteiger partial charge < -0.3 is 18.9 Å². The number of hydrogen-bond acceptors (Lipinski definition) is 4. The minimum Gasteiger partial charge on any atom is -0.347 e. The molecule has 4 heterocycles. The summed E-state index contributed by atoms with van der Waals surface area (Å²) in [6.45, 7) is 8.89. The van der Waals surface area contributed by atoms with Crippen LogP contribution >= 0.6 is 15.8 Å². The van der Waals surface area contributed by atoms with Crippen molar-refractivity contribution in [3.05, 3.63) is 0 Å². The summed E-state index contributed by atoms with van der Waals surface area (Å²) >= 11 is 0. The third-order valence-electron chi connectivity index (χ3n) is 5.14. The molecule has 0 aromatic rings. The van der Waals surface area contributed by atoms with Crippen molar-refractivity contribution in [1.29, 1.82) is 0 Å². The Bertz CT molecular complexity index is 359. The standard InChI is InChI=1S/C14H24O4P2/c1-7-15-9-5-19(3)13(11(9)17-7)14-12-10(6-20(14)4)16-8(2)18-12/h7-14H,5-6H2,1-4H3. The molecule has 4 nitrogen and oxygen atoms in total. The second-order valence-corrected chi connectivity index (χ2v) is 11.5. The van der Waals surface area contributed by atoms with Gasteiger partial charge in [0.15, 0.2) is 12.6 Å². The molecular formula is C14H24O4P2. The highest BCUT2D eigenvalue weighted by molar-refractivity contribution is 7.62. The summed E-state index contributed by atoms with van der Waals surface area (Å²) in [5, 5.41) is 0. The first-order chi connectivity index (χ1) is 9.54. The molecule has 6 heteroatoms. The van der Waals surface area contributed by atoms with Crippen LogP contribution in [0.4, 0.5) is 0 Å². The molecule has 4 fully saturated rings. The molecule has 0 amide bonds. The minimum absolute atomic E-state index is 0.0256. The van der Waals surface area contributed by atoms with Gasteiger partial charge in [-0.25, -0.2) is 0 Å². The monoisotopic (exact) mass is 318 g/mol. The van der Waals surface area contributed by atoms with Gasteiger partial charge in [0.05, 0.1) is 24.4 Å². The van der Waals surface area contributed by atoms with Gasteiger partial charge in [-0.2, -0.15) is 0 Å². The first-order valence-electron chi connectivity index (χ1n) is 7.57. The molecule has 0 N–H and O–H groups in total. The van der Waals surface area contributed by atoms with Crippen molar-refractivity contribution in [1.82, 2.24) is 0 Å². The van der Waals surface area contributed by atoms with E-state index in [4.69, 9.17) is 18.9 Å². The van der Waals surface area contributed by atoms with E-state index in [1.807, 2.05) is 13.8 Å². The normalized spacial score (nSPS) is 61.8. The van der Waals surface area contributed by atoms with Gasteiger partial charge in [0.2, 0.25) is 0 Å². The average Bonchev–Trinajstić information content (AvgIpc) is 3.01. The summed E-state index contributed by atoms with van der Waals surface area (Å²) in [5.74, 6) is 0. The van der Waals surface area contributed by atoms with E-state index in [0.29, 0.717) is 35.7 Å². The van der Waals surface area contributed by atoms with Crippen LogP contribution in [0.1, 0.15) is 13.8 Å². The predicted octanol–water partition coefficient (Wildman–Crippen LogP) is 2.23. The van der Waals surface area contributed by atoms with E-state index in [9.17, 15) is 0 Å². The van der Waals surface area contributed by atoms with Crippen molar-refractivity contribution in [2.24, 2.45) is 0 Å². The smallest absolute Gasteiger partial charge is 0.155 e. The van der Waals surface area contributed by atoms with Crippen LogP contribution in [0, 0.1) is 0 Å². The Kier molecular flexibility index (Phi) is 3.66. The molecule has 4 aliphatic heterocycles. The van der Waals surface area contributed by atoms with Crippen molar-refractivity contribution in [3.8, 4) is 0 Å². The molecular weight excluding hydrogens is 294 g/mol. The zero-order valence-corrected chi connectivity index (χ0v) is 14.3. The predicted molar refractivity (Wildman–Crippen MR) is 81.4 cm³/mol. The van der Waals surface area contributed by atoms with Crippen LogP contribution in [0.5, 0.6) is 0 Å². The number of rotatable bonds is 1. The van der Waals surface area contributed by atoms with Gasteiger partial charge in [-0.05, 0) is 39.5 Å². The molecule has 10 unspecified atom stereocenters. The van der Waals surface area contributed by atoms with Crippen molar-refractivity contribution < 1.29 is 18.9 Å². The highest BCUT2D eigenvalue weighted by atomic mass is 31.1. The maximum absolute atomic E-state index is 6.11. The highest BCUT2D eigenvalue weighted by Crippen LogP contribution is 2.63. The van der Waals surface area contributed by atoms with Gasteiger partial charge >= 0.3 is 0 Å². The summed E-state index contributed by atoms with van der Waals surface area (Å²) in [6, 6.07) is 0. The van der Waals surface area contributed by atoms with E-state index in [2.05, 4.69) is 13.3 Å². The van der Waals surface area contributed by atoms with Gasteiger partial charge in [0.25, 0.3) is 0 Å². The van der Waals surface area contributed by atoms with Crippen LogP contribution in [0.2, 0.25) is 0 Å². The number of fused-ring (bicyclic) bond motifs is 2. The van der Waals surface area contributed by atoms with Crippen LogP contribution in [0.25, 0.3) is 0 Å². The second kappa shape index (κ2) is 5.11. The van der Waals surface area contributed by atoms with E-state index in [-0.39, 0.29) is 28.4 Å². The molecule has 4 rings (SSSR count). The number of hydrogen-bond donors (Lipinski definition) is 0. The van der Waals surface area contributed by atoms with Gasteiger partial charge in [0, 0.05) is 11.3 Å². The van der Waals surface area contributed by atoms with Crippen molar-refractivity contribution in [3.63, 3.8) is 0 Å².